The molecule has 9 heteroatoms. The summed E-state index contributed by atoms with van der Waals surface area (Å²) in [5, 5.41) is 4.70. The van der Waals surface area contributed by atoms with Crippen LogP contribution in [0.3, 0.4) is 0 Å². The third-order valence-electron chi connectivity index (χ3n) is 4.13. The lowest BCUT2D eigenvalue weighted by atomic mass is 10.2. The standard InChI is InChI=1S/C23H17BrCl2N2O4/c1-14(31-21-10-8-18(25)12-19(21)26)22(29)28-27-13-16-11-17(24)7-9-20(16)32-23(30)15-5-3-2-4-6-15/h2-14H,1H3,(H,28,29)/b27-13+. The number of nitrogens with zero attached hydrogens (tertiary/aromatic N) is 1. The van der Waals surface area contributed by atoms with Gasteiger partial charge in [-0.1, -0.05) is 57.3 Å². The summed E-state index contributed by atoms with van der Waals surface area (Å²) < 4.78 is 11.8. The summed E-state index contributed by atoms with van der Waals surface area (Å²) in [6.07, 6.45) is 0.502. The lowest BCUT2D eigenvalue weighted by molar-refractivity contribution is -0.127. The monoisotopic (exact) mass is 534 g/mol. The summed E-state index contributed by atoms with van der Waals surface area (Å²) in [7, 11) is 0. The van der Waals surface area contributed by atoms with Crippen LogP contribution in [0.5, 0.6) is 11.5 Å². The Morgan fingerprint density at radius 3 is 2.47 bits per heavy atom. The molecule has 1 atom stereocenters. The summed E-state index contributed by atoms with van der Waals surface area (Å²) >= 11 is 15.3. The average molecular weight is 536 g/mol. The minimum atomic E-state index is -0.872. The number of ether oxygens (including phenoxy) is 2. The highest BCUT2D eigenvalue weighted by Crippen LogP contribution is 2.28. The van der Waals surface area contributed by atoms with Gasteiger partial charge >= 0.3 is 5.97 Å². The normalized spacial score (nSPS) is 11.8. The molecule has 0 aliphatic rings. The highest BCUT2D eigenvalue weighted by Gasteiger charge is 2.16. The van der Waals surface area contributed by atoms with Crippen LogP contribution in [0.15, 0.2) is 76.3 Å². The van der Waals surface area contributed by atoms with Crippen LogP contribution < -0.4 is 14.9 Å². The molecule has 0 aromatic heterocycles. The Morgan fingerprint density at radius 1 is 1.03 bits per heavy atom. The zero-order valence-electron chi connectivity index (χ0n) is 16.7. The van der Waals surface area contributed by atoms with Crippen molar-refractivity contribution in [3.63, 3.8) is 0 Å². The predicted octanol–water partition coefficient (Wildman–Crippen LogP) is 5.89. The third kappa shape index (κ3) is 6.56. The molecule has 0 saturated heterocycles. The maximum atomic E-state index is 12.4. The Balaban J connectivity index is 1.66. The minimum Gasteiger partial charge on any atom is -0.479 e. The summed E-state index contributed by atoms with van der Waals surface area (Å²) in [5.41, 5.74) is 3.29. The molecule has 0 radical (unpaired) electrons. The number of nitrogens with one attached hydrogen (secondary N) is 1. The quantitative estimate of drug-likeness (QED) is 0.177. The molecule has 164 valence electrons. The average Bonchev–Trinajstić information content (AvgIpc) is 2.77. The first-order valence-corrected chi connectivity index (χ1v) is 10.9. The van der Waals surface area contributed by atoms with Crippen molar-refractivity contribution in [2.24, 2.45) is 5.10 Å². The van der Waals surface area contributed by atoms with Gasteiger partial charge < -0.3 is 9.47 Å². The Bertz CT molecular complexity index is 1160. The van der Waals surface area contributed by atoms with Crippen LogP contribution >= 0.6 is 39.1 Å². The van der Waals surface area contributed by atoms with Crippen molar-refractivity contribution in [1.82, 2.24) is 5.43 Å². The van der Waals surface area contributed by atoms with E-state index >= 15 is 0 Å². The van der Waals surface area contributed by atoms with Gasteiger partial charge in [-0.15, -0.1) is 0 Å². The van der Waals surface area contributed by atoms with E-state index in [1.165, 1.54) is 12.3 Å². The van der Waals surface area contributed by atoms with Gasteiger partial charge in [-0.2, -0.15) is 5.10 Å². The third-order valence-corrected chi connectivity index (χ3v) is 5.15. The molecule has 0 saturated carbocycles. The fourth-order valence-corrected chi connectivity index (χ4v) is 3.35. The van der Waals surface area contributed by atoms with Crippen molar-refractivity contribution < 1.29 is 19.1 Å². The summed E-state index contributed by atoms with van der Waals surface area (Å²) in [6, 6.07) is 18.4. The number of benzene rings is 3. The molecule has 3 aromatic rings. The Kier molecular flexibility index (Phi) is 8.27. The van der Waals surface area contributed by atoms with Crippen molar-refractivity contribution in [3.8, 4) is 11.5 Å². The number of hydrazone groups is 1. The lowest BCUT2D eigenvalue weighted by Gasteiger charge is -2.14. The Hall–Kier alpha value is -2.87. The van der Waals surface area contributed by atoms with Crippen LogP contribution in [0.1, 0.15) is 22.8 Å². The van der Waals surface area contributed by atoms with Crippen LogP contribution in [-0.4, -0.2) is 24.2 Å². The van der Waals surface area contributed by atoms with Crippen LogP contribution in [0.2, 0.25) is 10.0 Å². The second-order valence-corrected chi connectivity index (χ2v) is 8.27. The number of carbonyl (C=O) groups excluding carboxylic acids is 2. The van der Waals surface area contributed by atoms with E-state index in [1.807, 2.05) is 6.07 Å². The molecule has 6 nitrogen and oxygen atoms in total. The van der Waals surface area contributed by atoms with Crippen molar-refractivity contribution in [1.29, 1.82) is 0 Å². The van der Waals surface area contributed by atoms with E-state index in [0.717, 1.165) is 4.47 Å². The van der Waals surface area contributed by atoms with E-state index in [4.69, 9.17) is 32.7 Å². The molecule has 1 amide bonds. The second kappa shape index (κ2) is 11.1. The highest BCUT2D eigenvalue weighted by atomic mass is 79.9. The first kappa shape index (κ1) is 23.8. The molecule has 0 fully saturated rings. The number of rotatable bonds is 7. The van der Waals surface area contributed by atoms with E-state index in [0.29, 0.717) is 26.9 Å². The largest absolute Gasteiger partial charge is 0.479 e. The summed E-state index contributed by atoms with van der Waals surface area (Å²) in [5.74, 6) is -0.388. The molecular weight excluding hydrogens is 519 g/mol. The van der Waals surface area contributed by atoms with E-state index in [-0.39, 0.29) is 5.75 Å². The number of carbonyl (C=O) groups is 2. The minimum absolute atomic E-state index is 0.289. The van der Waals surface area contributed by atoms with Gasteiger partial charge in [0, 0.05) is 15.1 Å². The van der Waals surface area contributed by atoms with Crippen LogP contribution in [0.4, 0.5) is 0 Å². The van der Waals surface area contributed by atoms with Crippen LogP contribution in [-0.2, 0) is 4.79 Å². The zero-order valence-corrected chi connectivity index (χ0v) is 19.8. The summed E-state index contributed by atoms with van der Waals surface area (Å²) in [6.45, 7) is 1.56. The van der Waals surface area contributed by atoms with Gasteiger partial charge in [0.15, 0.2) is 6.10 Å². The van der Waals surface area contributed by atoms with Gasteiger partial charge in [0.25, 0.3) is 5.91 Å². The number of hydrogen-bond donors (Lipinski definition) is 1. The maximum absolute atomic E-state index is 12.4. The van der Waals surface area contributed by atoms with E-state index in [1.54, 1.807) is 61.5 Å². The van der Waals surface area contributed by atoms with Crippen molar-refractivity contribution in [2.45, 2.75) is 13.0 Å². The van der Waals surface area contributed by atoms with Gasteiger partial charge in [-0.05, 0) is 55.5 Å². The molecule has 0 spiro atoms. The predicted molar refractivity (Wildman–Crippen MR) is 128 cm³/mol. The topological polar surface area (TPSA) is 77.0 Å². The van der Waals surface area contributed by atoms with Gasteiger partial charge in [-0.3, -0.25) is 4.79 Å². The smallest absolute Gasteiger partial charge is 0.343 e. The number of amides is 1. The van der Waals surface area contributed by atoms with Gasteiger partial charge in [0.05, 0.1) is 16.8 Å². The molecule has 0 bridgehead atoms. The van der Waals surface area contributed by atoms with Crippen molar-refractivity contribution >= 4 is 57.2 Å². The SMILES string of the molecule is CC(Oc1ccc(Cl)cc1Cl)C(=O)N/N=C/c1cc(Br)ccc1OC(=O)c1ccccc1. The number of hydrogen-bond acceptors (Lipinski definition) is 5. The van der Waals surface area contributed by atoms with Crippen molar-refractivity contribution in [2.75, 3.05) is 0 Å². The number of esters is 1. The molecule has 0 aliphatic carbocycles. The highest BCUT2D eigenvalue weighted by molar-refractivity contribution is 9.10. The Labute approximate surface area is 203 Å². The van der Waals surface area contributed by atoms with Gasteiger partial charge in [0.2, 0.25) is 0 Å². The molecule has 1 unspecified atom stereocenters. The summed E-state index contributed by atoms with van der Waals surface area (Å²) in [4.78, 5) is 24.7. The first-order valence-electron chi connectivity index (χ1n) is 9.35. The van der Waals surface area contributed by atoms with Gasteiger partial charge in [-0.25, -0.2) is 10.2 Å². The van der Waals surface area contributed by atoms with Crippen LogP contribution in [0.25, 0.3) is 0 Å². The first-order chi connectivity index (χ1) is 15.3. The fourth-order valence-electron chi connectivity index (χ4n) is 2.52. The fraction of sp³-hybridized carbons (Fsp3) is 0.0870. The maximum Gasteiger partial charge on any atom is 0.343 e. The molecule has 1 N–H and O–H groups in total. The van der Waals surface area contributed by atoms with Crippen molar-refractivity contribution in [3.05, 3.63) is 92.4 Å². The van der Waals surface area contributed by atoms with E-state index in [2.05, 4.69) is 26.5 Å². The molecule has 32 heavy (non-hydrogen) atoms. The lowest BCUT2D eigenvalue weighted by Crippen LogP contribution is -2.33. The molecular formula is C23H17BrCl2N2O4. The molecule has 3 aromatic carbocycles. The van der Waals surface area contributed by atoms with Gasteiger partial charge in [0.1, 0.15) is 11.5 Å². The molecule has 3 rings (SSSR count). The zero-order chi connectivity index (χ0) is 23.1. The molecule has 0 heterocycles. The Morgan fingerprint density at radius 2 is 1.75 bits per heavy atom. The van der Waals surface area contributed by atoms with Crippen LogP contribution in [0, 0.1) is 0 Å². The van der Waals surface area contributed by atoms with E-state index in [9.17, 15) is 9.59 Å². The molecule has 0 aliphatic heterocycles. The van der Waals surface area contributed by atoms with E-state index < -0.39 is 18.0 Å². The number of halogens is 3. The second-order valence-electron chi connectivity index (χ2n) is 6.51.